The van der Waals surface area contributed by atoms with Gasteiger partial charge in [0.25, 0.3) is 0 Å². The summed E-state index contributed by atoms with van der Waals surface area (Å²) in [7, 11) is -3.74. The van der Waals surface area contributed by atoms with Crippen molar-refractivity contribution in [3.63, 3.8) is 0 Å². The number of anilines is 1. The number of para-hydroxylation sites is 1. The highest BCUT2D eigenvalue weighted by molar-refractivity contribution is 7.92. The van der Waals surface area contributed by atoms with Crippen LogP contribution in [0.4, 0.5) is 5.69 Å². The maximum Gasteiger partial charge on any atom is 0.244 e. The van der Waals surface area contributed by atoms with Crippen molar-refractivity contribution in [2.24, 2.45) is 0 Å². The van der Waals surface area contributed by atoms with E-state index in [1.807, 2.05) is 64.1 Å². The van der Waals surface area contributed by atoms with Crippen LogP contribution in [0, 0.1) is 6.92 Å². The van der Waals surface area contributed by atoms with Crippen molar-refractivity contribution < 1.29 is 18.0 Å². The molecule has 2 atom stereocenters. The average molecular weight is 488 g/mol. The summed E-state index contributed by atoms with van der Waals surface area (Å²) in [5.41, 5.74) is 3.22. The Morgan fingerprint density at radius 1 is 1.03 bits per heavy atom. The van der Waals surface area contributed by atoms with Crippen LogP contribution in [0.2, 0.25) is 0 Å². The summed E-state index contributed by atoms with van der Waals surface area (Å²) >= 11 is 0. The summed E-state index contributed by atoms with van der Waals surface area (Å²) in [6, 6.07) is 14.1. The average Bonchev–Trinajstić information content (AvgIpc) is 2.79. The highest BCUT2D eigenvalue weighted by Crippen LogP contribution is 2.24. The fourth-order valence-electron chi connectivity index (χ4n) is 3.70. The Labute approximate surface area is 204 Å². The van der Waals surface area contributed by atoms with Gasteiger partial charge in [-0.15, -0.1) is 0 Å². The minimum absolute atomic E-state index is 0.0326. The Balaban J connectivity index is 2.42. The lowest BCUT2D eigenvalue weighted by Gasteiger charge is -2.32. The van der Waals surface area contributed by atoms with E-state index in [4.69, 9.17) is 0 Å². The van der Waals surface area contributed by atoms with Crippen LogP contribution in [0.5, 0.6) is 0 Å². The lowest BCUT2D eigenvalue weighted by Crippen LogP contribution is -2.52. The third-order valence-electron chi connectivity index (χ3n) is 5.92. The Morgan fingerprint density at radius 2 is 1.71 bits per heavy atom. The third kappa shape index (κ3) is 7.32. The summed E-state index contributed by atoms with van der Waals surface area (Å²) in [6.07, 6.45) is 2.48. The van der Waals surface area contributed by atoms with Crippen LogP contribution < -0.4 is 9.62 Å². The van der Waals surface area contributed by atoms with Gasteiger partial charge in [-0.3, -0.25) is 13.9 Å². The summed E-state index contributed by atoms with van der Waals surface area (Å²) in [5.74, 6) is -0.708. The molecular weight excluding hydrogens is 450 g/mol. The van der Waals surface area contributed by atoms with Gasteiger partial charge in [0.05, 0.1) is 11.9 Å². The topological polar surface area (TPSA) is 86.8 Å². The van der Waals surface area contributed by atoms with Gasteiger partial charge in [0, 0.05) is 12.6 Å². The SMILES string of the molecule is CCc1ccccc1N(CC(=O)N(Cc1cccc(C)c1)[C@H](C)C(=O)N[C@@H](C)CC)S(C)(=O)=O. The highest BCUT2D eigenvalue weighted by atomic mass is 32.2. The molecule has 1 N–H and O–H groups in total. The molecule has 0 aromatic heterocycles. The maximum atomic E-state index is 13.6. The number of carbonyl (C=O) groups excluding carboxylic acids is 2. The van der Waals surface area contributed by atoms with Crippen LogP contribution in [0.25, 0.3) is 0 Å². The molecule has 186 valence electrons. The molecule has 2 rings (SSSR count). The van der Waals surface area contributed by atoms with E-state index in [2.05, 4.69) is 5.32 Å². The van der Waals surface area contributed by atoms with Gasteiger partial charge in [-0.1, -0.05) is 61.9 Å². The molecular formula is C26H37N3O4S. The van der Waals surface area contributed by atoms with E-state index < -0.39 is 22.0 Å². The summed E-state index contributed by atoms with van der Waals surface area (Å²) in [6.45, 7) is 9.26. The lowest BCUT2D eigenvalue weighted by molar-refractivity contribution is -0.139. The molecule has 7 nitrogen and oxygen atoms in total. The molecule has 0 unspecified atom stereocenters. The Hall–Kier alpha value is -2.87. The molecule has 34 heavy (non-hydrogen) atoms. The third-order valence-corrected chi connectivity index (χ3v) is 7.05. The van der Waals surface area contributed by atoms with Gasteiger partial charge in [-0.2, -0.15) is 0 Å². The second-order valence-electron chi connectivity index (χ2n) is 8.76. The van der Waals surface area contributed by atoms with Gasteiger partial charge >= 0.3 is 0 Å². The number of amides is 2. The summed E-state index contributed by atoms with van der Waals surface area (Å²) in [4.78, 5) is 28.0. The van der Waals surface area contributed by atoms with E-state index in [1.165, 1.54) is 4.90 Å². The largest absolute Gasteiger partial charge is 0.352 e. The van der Waals surface area contributed by atoms with Gasteiger partial charge in [-0.05, 0) is 50.8 Å². The first-order chi connectivity index (χ1) is 16.0. The van der Waals surface area contributed by atoms with Crippen molar-refractivity contribution in [2.45, 2.75) is 66.1 Å². The van der Waals surface area contributed by atoms with Crippen LogP contribution >= 0.6 is 0 Å². The Bertz CT molecular complexity index is 1100. The fraction of sp³-hybridized carbons (Fsp3) is 0.462. The number of benzene rings is 2. The maximum absolute atomic E-state index is 13.6. The van der Waals surface area contributed by atoms with Gasteiger partial charge in [0.2, 0.25) is 21.8 Å². The molecule has 2 amide bonds. The Kier molecular flexibility index (Phi) is 9.67. The zero-order chi connectivity index (χ0) is 25.5. The fourth-order valence-corrected chi connectivity index (χ4v) is 4.58. The van der Waals surface area contributed by atoms with Gasteiger partial charge in [0.15, 0.2) is 0 Å². The summed E-state index contributed by atoms with van der Waals surface area (Å²) < 4.78 is 26.6. The smallest absolute Gasteiger partial charge is 0.244 e. The molecule has 0 saturated carbocycles. The second-order valence-corrected chi connectivity index (χ2v) is 10.7. The van der Waals surface area contributed by atoms with Gasteiger partial charge in [0.1, 0.15) is 12.6 Å². The molecule has 2 aromatic rings. The predicted molar refractivity (Wildman–Crippen MR) is 137 cm³/mol. The number of rotatable bonds is 11. The van der Waals surface area contributed by atoms with E-state index in [-0.39, 0.29) is 25.0 Å². The number of sulfonamides is 1. The highest BCUT2D eigenvalue weighted by Gasteiger charge is 2.31. The van der Waals surface area contributed by atoms with Gasteiger partial charge < -0.3 is 10.2 Å². The molecule has 0 saturated heterocycles. The monoisotopic (exact) mass is 487 g/mol. The molecule has 0 heterocycles. The van der Waals surface area contributed by atoms with E-state index in [0.717, 1.165) is 33.7 Å². The molecule has 2 aromatic carbocycles. The van der Waals surface area contributed by atoms with Crippen LogP contribution in [0.15, 0.2) is 48.5 Å². The minimum atomic E-state index is -3.74. The summed E-state index contributed by atoms with van der Waals surface area (Å²) in [5, 5.41) is 2.93. The first-order valence-electron chi connectivity index (χ1n) is 11.7. The van der Waals surface area contributed by atoms with Crippen molar-refractivity contribution in [1.29, 1.82) is 0 Å². The molecule has 0 spiro atoms. The molecule has 0 aliphatic carbocycles. The number of nitrogens with zero attached hydrogens (tertiary/aromatic N) is 2. The number of hydrogen-bond acceptors (Lipinski definition) is 4. The van der Waals surface area contributed by atoms with Crippen molar-refractivity contribution in [3.05, 3.63) is 65.2 Å². The number of nitrogens with one attached hydrogen (secondary N) is 1. The predicted octanol–water partition coefficient (Wildman–Crippen LogP) is 3.66. The Morgan fingerprint density at radius 3 is 2.29 bits per heavy atom. The van der Waals surface area contributed by atoms with Crippen LogP contribution in [-0.4, -0.2) is 50.0 Å². The van der Waals surface area contributed by atoms with Crippen LogP contribution in [-0.2, 0) is 32.6 Å². The molecule has 0 aliphatic rings. The number of aryl methyl sites for hydroxylation is 2. The van der Waals surface area contributed by atoms with Gasteiger partial charge in [-0.25, -0.2) is 8.42 Å². The zero-order valence-electron chi connectivity index (χ0n) is 21.0. The normalized spacial score (nSPS) is 13.1. The van der Waals surface area contributed by atoms with Crippen molar-refractivity contribution in [2.75, 3.05) is 17.1 Å². The zero-order valence-corrected chi connectivity index (χ0v) is 21.9. The van der Waals surface area contributed by atoms with Crippen LogP contribution in [0.3, 0.4) is 0 Å². The lowest BCUT2D eigenvalue weighted by atomic mass is 10.1. The van der Waals surface area contributed by atoms with E-state index in [1.54, 1.807) is 19.1 Å². The van der Waals surface area contributed by atoms with E-state index >= 15 is 0 Å². The standard InChI is InChI=1S/C26H37N3O4S/c1-7-20(4)27-26(31)21(5)28(17-22-13-11-12-19(3)16-22)25(30)18-29(34(6,32)33)24-15-10-9-14-23(24)8-2/h9-16,20-21H,7-8,17-18H2,1-6H3,(H,27,31)/t20-,21+/m0/s1. The molecule has 0 bridgehead atoms. The first-order valence-corrected chi connectivity index (χ1v) is 13.5. The molecule has 0 radical (unpaired) electrons. The second kappa shape index (κ2) is 12.0. The molecule has 0 aliphatic heterocycles. The van der Waals surface area contributed by atoms with Crippen molar-refractivity contribution in [3.8, 4) is 0 Å². The number of hydrogen-bond donors (Lipinski definition) is 1. The minimum Gasteiger partial charge on any atom is -0.352 e. The van der Waals surface area contributed by atoms with Crippen molar-refractivity contribution in [1.82, 2.24) is 10.2 Å². The first kappa shape index (κ1) is 27.4. The van der Waals surface area contributed by atoms with Crippen LogP contribution in [0.1, 0.15) is 50.8 Å². The number of carbonyl (C=O) groups is 2. The molecule has 8 heteroatoms. The molecule has 0 fully saturated rings. The van der Waals surface area contributed by atoms with E-state index in [0.29, 0.717) is 12.1 Å². The quantitative estimate of drug-likeness (QED) is 0.524. The van der Waals surface area contributed by atoms with E-state index in [9.17, 15) is 18.0 Å². The van der Waals surface area contributed by atoms with Crippen molar-refractivity contribution >= 4 is 27.5 Å².